The number of para-hydroxylation sites is 4. The van der Waals surface area contributed by atoms with Gasteiger partial charge in [0.1, 0.15) is 0 Å². The Balaban J connectivity index is 0.977. The molecular weight excluding hydrogens is 893 g/mol. The predicted molar refractivity (Wildman–Crippen MR) is 311 cm³/mol. The summed E-state index contributed by atoms with van der Waals surface area (Å²) in [6.45, 7) is 2.42. The lowest BCUT2D eigenvalue weighted by molar-refractivity contribution is 0.373. The zero-order chi connectivity index (χ0) is 49.2. The highest BCUT2D eigenvalue weighted by atomic mass is 15.1. The highest BCUT2D eigenvalue weighted by molar-refractivity contribution is 6.16. The Morgan fingerprint density at radius 3 is 2.04 bits per heavy atom. The van der Waals surface area contributed by atoms with Crippen molar-refractivity contribution in [3.8, 4) is 39.1 Å². The molecule has 1 aromatic heterocycles. The van der Waals surface area contributed by atoms with E-state index in [4.69, 9.17) is 0 Å². The second kappa shape index (κ2) is 18.2. The third kappa shape index (κ3) is 7.14. The van der Waals surface area contributed by atoms with Crippen molar-refractivity contribution < 1.29 is 0 Å². The molecular formula is C72H58N2. The number of hydrogen-bond donors (Lipinski definition) is 0. The number of benzene rings is 9. The number of rotatable bonds is 9. The van der Waals surface area contributed by atoms with E-state index in [9.17, 15) is 0 Å². The van der Waals surface area contributed by atoms with Crippen molar-refractivity contribution in [2.75, 3.05) is 4.90 Å². The van der Waals surface area contributed by atoms with E-state index in [1.807, 2.05) is 0 Å². The Hall–Kier alpha value is -8.46. The van der Waals surface area contributed by atoms with Crippen LogP contribution in [0.3, 0.4) is 0 Å². The Kier molecular flexibility index (Phi) is 10.9. The Labute approximate surface area is 435 Å². The van der Waals surface area contributed by atoms with Crippen LogP contribution in [0.1, 0.15) is 67.2 Å². The minimum absolute atomic E-state index is 0.158. The molecule has 0 saturated heterocycles. The second-order valence-corrected chi connectivity index (χ2v) is 21.1. The molecule has 4 aliphatic carbocycles. The van der Waals surface area contributed by atoms with E-state index >= 15 is 0 Å². The van der Waals surface area contributed by atoms with E-state index in [1.54, 1.807) is 5.57 Å². The largest absolute Gasteiger partial charge is 0.310 e. The molecule has 3 unspecified atom stereocenters. The van der Waals surface area contributed by atoms with Gasteiger partial charge < -0.3 is 9.47 Å². The van der Waals surface area contributed by atoms with Crippen molar-refractivity contribution in [1.29, 1.82) is 0 Å². The summed E-state index contributed by atoms with van der Waals surface area (Å²) in [5.74, 6) is 1.05. The molecule has 74 heavy (non-hydrogen) atoms. The molecule has 0 amide bonds. The number of allylic oxidation sites excluding steroid dienone is 8. The summed E-state index contributed by atoms with van der Waals surface area (Å²) < 4.78 is 2.42. The maximum Gasteiger partial charge on any atom is 0.0547 e. The van der Waals surface area contributed by atoms with Crippen molar-refractivity contribution in [1.82, 2.24) is 4.57 Å². The summed E-state index contributed by atoms with van der Waals surface area (Å²) >= 11 is 0. The van der Waals surface area contributed by atoms with E-state index in [0.717, 1.165) is 17.1 Å². The third-order valence-electron chi connectivity index (χ3n) is 17.1. The van der Waals surface area contributed by atoms with Gasteiger partial charge in [-0.3, -0.25) is 0 Å². The molecule has 0 N–H and O–H groups in total. The first-order valence-electron chi connectivity index (χ1n) is 26.9. The van der Waals surface area contributed by atoms with Gasteiger partial charge in [0.25, 0.3) is 0 Å². The van der Waals surface area contributed by atoms with Crippen LogP contribution in [0.5, 0.6) is 0 Å². The van der Waals surface area contributed by atoms with Crippen LogP contribution in [-0.2, 0) is 5.41 Å². The maximum atomic E-state index is 2.59. The summed E-state index contributed by atoms with van der Waals surface area (Å²) in [4.78, 5) is 2.59. The topological polar surface area (TPSA) is 8.17 Å². The van der Waals surface area contributed by atoms with Crippen LogP contribution < -0.4 is 4.90 Å². The van der Waals surface area contributed by atoms with Gasteiger partial charge in [0.15, 0.2) is 0 Å². The van der Waals surface area contributed by atoms with Crippen molar-refractivity contribution in [3.63, 3.8) is 0 Å². The fourth-order valence-corrected chi connectivity index (χ4v) is 13.7. The molecule has 0 spiro atoms. The van der Waals surface area contributed by atoms with Crippen LogP contribution >= 0.6 is 0 Å². The van der Waals surface area contributed by atoms with Gasteiger partial charge in [0, 0.05) is 50.6 Å². The molecule has 9 aromatic carbocycles. The van der Waals surface area contributed by atoms with E-state index in [1.165, 1.54) is 121 Å². The van der Waals surface area contributed by atoms with Gasteiger partial charge in [-0.05, 0) is 136 Å². The van der Waals surface area contributed by atoms with Crippen LogP contribution in [0.4, 0.5) is 17.1 Å². The number of hydrogen-bond acceptors (Lipinski definition) is 1. The molecule has 0 bridgehead atoms. The smallest absolute Gasteiger partial charge is 0.0547 e. The summed E-state index contributed by atoms with van der Waals surface area (Å²) in [6.07, 6.45) is 20.9. The summed E-state index contributed by atoms with van der Waals surface area (Å²) in [5.41, 5.74) is 22.5. The van der Waals surface area contributed by atoms with Gasteiger partial charge in [-0.2, -0.15) is 0 Å². The maximum absolute atomic E-state index is 2.59. The Morgan fingerprint density at radius 2 is 1.18 bits per heavy atom. The number of nitrogens with zero attached hydrogens (tertiary/aromatic N) is 2. The number of fused-ring (bicyclic) bond motifs is 7. The Morgan fingerprint density at radius 1 is 0.500 bits per heavy atom. The first kappa shape index (κ1) is 44.3. The van der Waals surface area contributed by atoms with Crippen molar-refractivity contribution in [3.05, 3.63) is 288 Å². The Bertz CT molecular complexity index is 3910. The molecule has 3 atom stereocenters. The van der Waals surface area contributed by atoms with Crippen LogP contribution in [0.2, 0.25) is 0 Å². The molecule has 1 fully saturated rings. The number of anilines is 3. The molecule has 356 valence electrons. The van der Waals surface area contributed by atoms with Gasteiger partial charge in [0.2, 0.25) is 0 Å². The molecule has 0 radical (unpaired) electrons. The monoisotopic (exact) mass is 950 g/mol. The molecule has 2 nitrogen and oxygen atoms in total. The van der Waals surface area contributed by atoms with Gasteiger partial charge in [-0.15, -0.1) is 0 Å². The lowest BCUT2D eigenvalue weighted by atomic mass is 9.66. The third-order valence-corrected chi connectivity index (χ3v) is 17.1. The average molecular weight is 951 g/mol. The molecule has 1 heterocycles. The summed E-state index contributed by atoms with van der Waals surface area (Å²) in [7, 11) is 0. The quantitative estimate of drug-likeness (QED) is 0.140. The molecule has 0 aliphatic heterocycles. The van der Waals surface area contributed by atoms with Crippen LogP contribution in [0, 0.1) is 11.8 Å². The van der Waals surface area contributed by atoms with Gasteiger partial charge in [-0.25, -0.2) is 0 Å². The van der Waals surface area contributed by atoms with Gasteiger partial charge in [-0.1, -0.05) is 225 Å². The van der Waals surface area contributed by atoms with Crippen LogP contribution in [0.25, 0.3) is 60.9 Å². The van der Waals surface area contributed by atoms with Crippen LogP contribution in [0.15, 0.2) is 266 Å². The van der Waals surface area contributed by atoms with Gasteiger partial charge >= 0.3 is 0 Å². The van der Waals surface area contributed by atoms with E-state index < -0.39 is 0 Å². The van der Waals surface area contributed by atoms with Gasteiger partial charge in [0.05, 0.1) is 16.7 Å². The summed E-state index contributed by atoms with van der Waals surface area (Å²) in [5, 5.41) is 2.51. The zero-order valence-corrected chi connectivity index (χ0v) is 41.9. The van der Waals surface area contributed by atoms with E-state index in [2.05, 4.69) is 271 Å². The van der Waals surface area contributed by atoms with Crippen molar-refractivity contribution in [2.45, 2.75) is 50.4 Å². The molecule has 4 aliphatic rings. The lowest BCUT2D eigenvalue weighted by Gasteiger charge is -2.39. The molecule has 1 saturated carbocycles. The number of aromatic nitrogens is 1. The fraction of sp³-hybridized carbons (Fsp3) is 0.139. The minimum atomic E-state index is -0.319. The zero-order valence-electron chi connectivity index (χ0n) is 41.9. The molecule has 14 rings (SSSR count). The normalized spacial score (nSPS) is 18.9. The first-order valence-corrected chi connectivity index (χ1v) is 26.9. The predicted octanol–water partition coefficient (Wildman–Crippen LogP) is 19.2. The first-order chi connectivity index (χ1) is 36.6. The van der Waals surface area contributed by atoms with E-state index in [-0.39, 0.29) is 17.3 Å². The summed E-state index contributed by atoms with van der Waals surface area (Å²) in [6, 6.07) is 81.7. The highest BCUT2D eigenvalue weighted by Gasteiger charge is 2.41. The lowest BCUT2D eigenvalue weighted by Crippen LogP contribution is -2.26. The van der Waals surface area contributed by atoms with E-state index in [0.29, 0.717) is 5.92 Å². The highest BCUT2D eigenvalue weighted by Crippen LogP contribution is 2.55. The van der Waals surface area contributed by atoms with Crippen LogP contribution in [-0.4, -0.2) is 4.57 Å². The molecule has 10 aromatic rings. The second-order valence-electron chi connectivity index (χ2n) is 21.1. The standard InChI is InChI=1S/C72H58N2/c1-72(53-28-7-3-8-29-53)64-40-15-11-34-59(64)60-46-45-52(48-65(60)72)56-33-12-16-41-66(56)74(67-42-17-13-35-61(67)62-39-21-26-50-25-20-37-57(70(50)62)49-23-5-2-6-24-49)55-32-19-27-51(47-55)58-38-22-44-69-71(58)63-36-14-18-43-68(63)73(69)54-30-9-4-10-31-54/h3-4,7-22,25-49,62,70H,2,5-6,23-24H2,1H3. The minimum Gasteiger partial charge on any atom is -0.310 e. The van der Waals surface area contributed by atoms with Crippen molar-refractivity contribution >= 4 is 38.9 Å². The average Bonchev–Trinajstić information content (AvgIpc) is 3.99. The fourth-order valence-electron chi connectivity index (χ4n) is 13.7. The molecule has 2 heteroatoms. The SMILES string of the molecule is CC1(c2ccccc2)c2ccccc2-c2ccc(-c3ccccc3N(c3cccc(-c4cccc5c4c4ccccc4n5-c4ccccc4)c3)c3ccccc3C3C=CC=C4C=CC=C(C5CCCCC5)C43)cc21. The van der Waals surface area contributed by atoms with Crippen molar-refractivity contribution in [2.24, 2.45) is 11.8 Å².